The van der Waals surface area contributed by atoms with Crippen LogP contribution in [0.1, 0.15) is 19.4 Å². The molecule has 2 N–H and O–H groups in total. The van der Waals surface area contributed by atoms with Crippen LogP contribution in [0.2, 0.25) is 0 Å². The van der Waals surface area contributed by atoms with Gasteiger partial charge in [-0.2, -0.15) is 0 Å². The molecule has 1 heterocycles. The Kier molecular flexibility index (Phi) is 3.03. The summed E-state index contributed by atoms with van der Waals surface area (Å²) in [5.41, 5.74) is -3.41. The lowest BCUT2D eigenvalue weighted by Gasteiger charge is -2.24. The van der Waals surface area contributed by atoms with Crippen LogP contribution in [0.25, 0.3) is 0 Å². The Morgan fingerprint density at radius 1 is 1.41 bits per heavy atom. The molecule has 7 heteroatoms. The number of Topliss-reactive ketones (excluding diaryl/α,β-unsaturated/α-hetero) is 1. The minimum absolute atomic E-state index is 0.151. The number of H-pyrrole nitrogens is 1. The predicted octanol–water partition coefficient (Wildman–Crippen LogP) is -0.766. The number of aryl methyl sites for hydroxylation is 1. The summed E-state index contributed by atoms with van der Waals surface area (Å²) in [5.74, 6) is -2.17. The van der Waals surface area contributed by atoms with E-state index in [0.717, 1.165) is 20.0 Å². The van der Waals surface area contributed by atoms with Crippen LogP contribution in [0, 0.1) is 6.92 Å². The number of aliphatic carboxylic acids is 1. The molecule has 0 fully saturated rings. The number of ketones is 1. The Hall–Kier alpha value is -2.18. The first-order chi connectivity index (χ1) is 7.71. The molecule has 92 valence electrons. The summed E-state index contributed by atoms with van der Waals surface area (Å²) in [6.07, 6.45) is 1.07. The van der Waals surface area contributed by atoms with Gasteiger partial charge in [-0.1, -0.05) is 0 Å². The molecular formula is C10H12N2O5. The highest BCUT2D eigenvalue weighted by molar-refractivity contribution is 6.03. The Balaban J connectivity index is 3.68. The van der Waals surface area contributed by atoms with Gasteiger partial charge in [0.25, 0.3) is 5.56 Å². The van der Waals surface area contributed by atoms with Gasteiger partial charge in [-0.05, 0) is 20.8 Å². The molecular weight excluding hydrogens is 228 g/mol. The number of carbonyl (C=O) groups excluding carboxylic acids is 1. The average Bonchev–Trinajstić information content (AvgIpc) is 2.21. The van der Waals surface area contributed by atoms with Crippen LogP contribution in [0.15, 0.2) is 15.8 Å². The van der Waals surface area contributed by atoms with E-state index >= 15 is 0 Å². The van der Waals surface area contributed by atoms with E-state index in [2.05, 4.69) is 0 Å². The molecule has 0 aliphatic heterocycles. The predicted molar refractivity (Wildman–Crippen MR) is 58.0 cm³/mol. The first-order valence-corrected chi connectivity index (χ1v) is 4.78. The molecule has 1 unspecified atom stereocenters. The molecule has 1 atom stereocenters. The van der Waals surface area contributed by atoms with Crippen molar-refractivity contribution < 1.29 is 14.7 Å². The van der Waals surface area contributed by atoms with Crippen LogP contribution in [0.4, 0.5) is 0 Å². The van der Waals surface area contributed by atoms with Crippen LogP contribution in [-0.4, -0.2) is 26.4 Å². The fourth-order valence-electron chi connectivity index (χ4n) is 1.32. The van der Waals surface area contributed by atoms with Crippen molar-refractivity contribution in [3.05, 3.63) is 32.6 Å². The van der Waals surface area contributed by atoms with Gasteiger partial charge in [-0.3, -0.25) is 19.1 Å². The van der Waals surface area contributed by atoms with Gasteiger partial charge in [-0.25, -0.2) is 9.59 Å². The van der Waals surface area contributed by atoms with E-state index in [0.29, 0.717) is 4.57 Å². The quantitative estimate of drug-likeness (QED) is 0.674. The van der Waals surface area contributed by atoms with Crippen LogP contribution in [0.3, 0.4) is 0 Å². The van der Waals surface area contributed by atoms with E-state index in [9.17, 15) is 19.2 Å². The summed E-state index contributed by atoms with van der Waals surface area (Å²) in [6.45, 7) is 3.59. The highest BCUT2D eigenvalue weighted by atomic mass is 16.4. The maximum Gasteiger partial charge on any atom is 0.337 e. The van der Waals surface area contributed by atoms with E-state index in [1.54, 1.807) is 0 Å². The monoisotopic (exact) mass is 240 g/mol. The zero-order valence-corrected chi connectivity index (χ0v) is 9.60. The van der Waals surface area contributed by atoms with E-state index < -0.39 is 28.5 Å². The summed E-state index contributed by atoms with van der Waals surface area (Å²) in [6, 6.07) is 0. The third-order valence-electron chi connectivity index (χ3n) is 2.70. The van der Waals surface area contributed by atoms with Crippen LogP contribution < -0.4 is 11.2 Å². The second-order valence-electron chi connectivity index (χ2n) is 3.87. The maximum absolute atomic E-state index is 11.5. The van der Waals surface area contributed by atoms with Gasteiger partial charge in [0.15, 0.2) is 5.78 Å². The van der Waals surface area contributed by atoms with Crippen molar-refractivity contribution in [2.24, 2.45) is 0 Å². The molecule has 17 heavy (non-hydrogen) atoms. The number of hydrogen-bond donors (Lipinski definition) is 2. The first kappa shape index (κ1) is 12.9. The molecule has 0 aliphatic carbocycles. The SMILES string of the molecule is CC(=O)C(C)(C(=O)O)n1cc(C)c(=O)[nH]c1=O. The number of carboxylic acid groups (broad SMARTS) is 1. The number of nitrogens with zero attached hydrogens (tertiary/aromatic N) is 1. The lowest BCUT2D eigenvalue weighted by atomic mass is 9.97. The van der Waals surface area contributed by atoms with Crippen molar-refractivity contribution in [1.29, 1.82) is 0 Å². The van der Waals surface area contributed by atoms with Crippen molar-refractivity contribution in [3.63, 3.8) is 0 Å². The van der Waals surface area contributed by atoms with Gasteiger partial charge in [-0.15, -0.1) is 0 Å². The highest BCUT2D eigenvalue weighted by Gasteiger charge is 2.41. The van der Waals surface area contributed by atoms with Crippen LogP contribution >= 0.6 is 0 Å². The van der Waals surface area contributed by atoms with Crippen molar-refractivity contribution in [3.8, 4) is 0 Å². The van der Waals surface area contributed by atoms with Crippen molar-refractivity contribution in [1.82, 2.24) is 9.55 Å². The minimum Gasteiger partial charge on any atom is -0.479 e. The van der Waals surface area contributed by atoms with Crippen molar-refractivity contribution in [2.45, 2.75) is 26.3 Å². The third kappa shape index (κ3) is 1.91. The Morgan fingerprint density at radius 2 is 1.94 bits per heavy atom. The fourth-order valence-corrected chi connectivity index (χ4v) is 1.32. The lowest BCUT2D eigenvalue weighted by molar-refractivity contribution is -0.151. The van der Waals surface area contributed by atoms with Gasteiger partial charge in [0, 0.05) is 11.8 Å². The molecule has 1 aromatic heterocycles. The topological polar surface area (TPSA) is 109 Å². The van der Waals surface area contributed by atoms with Crippen LogP contribution in [-0.2, 0) is 15.1 Å². The summed E-state index contributed by atoms with van der Waals surface area (Å²) in [5, 5.41) is 9.07. The van der Waals surface area contributed by atoms with E-state index in [1.165, 1.54) is 6.92 Å². The number of carboxylic acids is 1. The molecule has 0 spiro atoms. The summed E-state index contributed by atoms with van der Waals surface area (Å²) in [7, 11) is 0. The largest absolute Gasteiger partial charge is 0.479 e. The number of aromatic nitrogens is 2. The summed E-state index contributed by atoms with van der Waals surface area (Å²) >= 11 is 0. The molecule has 7 nitrogen and oxygen atoms in total. The standard InChI is InChI=1S/C10H12N2O5/c1-5-4-12(9(17)11-7(5)14)10(3,6(2)13)8(15)16/h4H,1-3H3,(H,15,16)(H,11,14,17). The second-order valence-corrected chi connectivity index (χ2v) is 3.87. The molecule has 0 saturated heterocycles. The second kappa shape index (κ2) is 4.00. The molecule has 1 aromatic rings. The molecule has 0 saturated carbocycles. The third-order valence-corrected chi connectivity index (χ3v) is 2.70. The molecule has 0 aromatic carbocycles. The average molecular weight is 240 g/mol. The van der Waals surface area contributed by atoms with E-state index in [-0.39, 0.29) is 5.56 Å². The van der Waals surface area contributed by atoms with Crippen molar-refractivity contribution in [2.75, 3.05) is 0 Å². The maximum atomic E-state index is 11.5. The number of nitrogens with one attached hydrogen (secondary N) is 1. The highest BCUT2D eigenvalue weighted by Crippen LogP contribution is 2.15. The smallest absolute Gasteiger partial charge is 0.337 e. The van der Waals surface area contributed by atoms with Gasteiger partial charge in [0.05, 0.1) is 0 Å². The van der Waals surface area contributed by atoms with Crippen LogP contribution in [0.5, 0.6) is 0 Å². The number of hydrogen-bond acceptors (Lipinski definition) is 4. The van der Waals surface area contributed by atoms with Gasteiger partial charge in [0.2, 0.25) is 5.54 Å². The van der Waals surface area contributed by atoms with E-state index in [4.69, 9.17) is 5.11 Å². The number of rotatable bonds is 3. The van der Waals surface area contributed by atoms with Gasteiger partial charge in [0.1, 0.15) is 0 Å². The zero-order chi connectivity index (χ0) is 13.4. The normalized spacial score (nSPS) is 14.1. The van der Waals surface area contributed by atoms with Gasteiger partial charge >= 0.3 is 11.7 Å². The summed E-state index contributed by atoms with van der Waals surface area (Å²) < 4.78 is 0.717. The molecule has 1 rings (SSSR count). The Morgan fingerprint density at radius 3 is 2.35 bits per heavy atom. The Labute approximate surface area is 95.7 Å². The molecule has 0 radical (unpaired) electrons. The fraction of sp³-hybridized carbons (Fsp3) is 0.400. The van der Waals surface area contributed by atoms with Crippen molar-refractivity contribution >= 4 is 11.8 Å². The van der Waals surface area contributed by atoms with Gasteiger partial charge < -0.3 is 5.11 Å². The molecule has 0 aliphatic rings. The minimum atomic E-state index is -2.02. The summed E-state index contributed by atoms with van der Waals surface area (Å²) in [4.78, 5) is 47.2. The molecule has 0 bridgehead atoms. The lowest BCUT2D eigenvalue weighted by Crippen LogP contribution is -2.51. The van der Waals surface area contributed by atoms with E-state index in [1.807, 2.05) is 4.98 Å². The zero-order valence-electron chi connectivity index (χ0n) is 9.60. The first-order valence-electron chi connectivity index (χ1n) is 4.78. The Bertz CT molecular complexity index is 581. The number of aromatic amines is 1. The number of carbonyl (C=O) groups is 2. The molecule has 0 amide bonds.